The zero-order chi connectivity index (χ0) is 80.2. The van der Waals surface area contributed by atoms with Gasteiger partial charge in [0, 0.05) is 32.5 Å². The Kier molecular flexibility index (Phi) is 39.7. The van der Waals surface area contributed by atoms with Crippen LogP contribution in [-0.4, -0.2) is 208 Å². The normalized spacial score (nSPS) is 15.8. The van der Waals surface area contributed by atoms with Crippen molar-refractivity contribution in [3.63, 3.8) is 0 Å². The van der Waals surface area contributed by atoms with E-state index in [1.165, 1.54) is 31.2 Å². The van der Waals surface area contributed by atoms with E-state index in [9.17, 15) is 77.6 Å². The summed E-state index contributed by atoms with van der Waals surface area (Å²) in [5.41, 5.74) is 35.7. The standard InChI is InChI=1S/C72H117N19O16/c1-39(2)34-52(86-60(96)47(74)37-44-18-11-10-12-19-44)65(101)88-54(36-41(5)6)66(102)87-53(35-40(3)4)64(100)83-48(20-13-14-30-73)63(99)89-55(38-45-24-26-46(92)27-25-45)67(103)84-49(21-15-31-79-71(75)76)61(97)81-43(9)59(95)82-50(22-16-32-80-72(77)78)62(98)85-51(28-29-57(93)94)69(105)91-33-17-23-56(91)68(104)90-58(42(7)8)70(106)107/h10-12,18-19,24-27,39-43,47-56,58,92H,13-17,20-23,28-38,73-74H2,1-9H3,(H,81,97)(H,82,95)(H,83,100)(H,84,103)(H,85,98)(H,86,96)(H,87,102)(H,88,101)(H,89,99)(H,90,104)(H,93,94)(H,106,107)(H4,75,76,79)(H4,77,78,80)/t43-,47-,48-,49-,50-,51-,52-,53-,54-,55-,56-,58-/m0/s1. The molecule has 2 aromatic rings. The molecule has 107 heavy (non-hydrogen) atoms. The highest BCUT2D eigenvalue weighted by Crippen LogP contribution is 2.22. The average Bonchev–Trinajstić information content (AvgIpc) is 1.72. The molecule has 0 unspecified atom stereocenters. The van der Waals surface area contributed by atoms with Gasteiger partial charge in [-0.15, -0.1) is 0 Å². The number of hydrogen-bond acceptors (Lipinski definition) is 18. The highest BCUT2D eigenvalue weighted by atomic mass is 16.4. The quantitative estimate of drug-likeness (QED) is 0.0200. The number of phenolic OH excluding ortho intramolecular Hbond substituents is 1. The summed E-state index contributed by atoms with van der Waals surface area (Å²) in [6.45, 7) is 15.6. The second-order valence-electron chi connectivity index (χ2n) is 28.6. The number of rotatable bonds is 48. The lowest BCUT2D eigenvalue weighted by molar-refractivity contribution is -0.146. The fraction of sp³-hybridized carbons (Fsp3) is 0.625. The Bertz CT molecular complexity index is 3330. The van der Waals surface area contributed by atoms with Gasteiger partial charge in [-0.05, 0) is 150 Å². The van der Waals surface area contributed by atoms with Crippen LogP contribution in [0.1, 0.15) is 163 Å². The molecule has 1 saturated heterocycles. The fourth-order valence-electron chi connectivity index (χ4n) is 11.8. The summed E-state index contributed by atoms with van der Waals surface area (Å²) in [6, 6.07) is -1.32. The third kappa shape index (κ3) is 33.9. The number of hydrogen-bond donors (Lipinski definition) is 19. The number of guanidine groups is 2. The van der Waals surface area contributed by atoms with E-state index in [-0.39, 0.29) is 139 Å². The van der Waals surface area contributed by atoms with Crippen LogP contribution in [0.25, 0.3) is 0 Å². The van der Waals surface area contributed by atoms with Crippen molar-refractivity contribution in [2.24, 2.45) is 68.1 Å². The van der Waals surface area contributed by atoms with Gasteiger partial charge in [0.25, 0.3) is 0 Å². The molecular weight excluding hydrogens is 1390 g/mol. The number of benzene rings is 2. The van der Waals surface area contributed by atoms with Crippen molar-refractivity contribution in [1.29, 1.82) is 0 Å². The maximum Gasteiger partial charge on any atom is 0.326 e. The van der Waals surface area contributed by atoms with Crippen molar-refractivity contribution in [2.45, 2.75) is 238 Å². The average molecular weight is 1500 g/mol. The number of carboxylic acid groups (broad SMARTS) is 2. The molecule has 35 heteroatoms. The molecule has 0 aliphatic carbocycles. The maximum atomic E-state index is 14.9. The van der Waals surface area contributed by atoms with E-state index in [0.29, 0.717) is 18.4 Å². The zero-order valence-corrected chi connectivity index (χ0v) is 63.0. The second kappa shape index (κ2) is 46.7. The lowest BCUT2D eigenvalue weighted by atomic mass is 9.98. The number of unbranched alkanes of at least 4 members (excludes halogenated alkanes) is 1. The predicted octanol–water partition coefficient (Wildman–Crippen LogP) is -1.66. The molecule has 0 bridgehead atoms. The molecule has 1 aliphatic rings. The number of carbonyl (C=O) groups excluding carboxylic acids is 11. The summed E-state index contributed by atoms with van der Waals surface area (Å²) in [5, 5.41) is 56.3. The van der Waals surface area contributed by atoms with Gasteiger partial charge < -0.3 is 108 Å². The lowest BCUT2D eigenvalue weighted by Gasteiger charge is -2.31. The fourth-order valence-corrected chi connectivity index (χ4v) is 11.8. The highest BCUT2D eigenvalue weighted by molar-refractivity contribution is 5.99. The molecule has 35 nitrogen and oxygen atoms in total. The van der Waals surface area contributed by atoms with Crippen molar-refractivity contribution < 1.29 is 77.6 Å². The first-order chi connectivity index (χ1) is 50.4. The molecule has 0 saturated carbocycles. The monoisotopic (exact) mass is 1500 g/mol. The van der Waals surface area contributed by atoms with Crippen molar-refractivity contribution in [1.82, 2.24) is 58.1 Å². The Labute approximate surface area is 625 Å². The molecule has 596 valence electrons. The van der Waals surface area contributed by atoms with Crippen LogP contribution in [0, 0.1) is 23.7 Å². The minimum atomic E-state index is -1.58. The van der Waals surface area contributed by atoms with E-state index >= 15 is 0 Å². The summed E-state index contributed by atoms with van der Waals surface area (Å²) in [4.78, 5) is 190. The predicted molar refractivity (Wildman–Crippen MR) is 400 cm³/mol. The van der Waals surface area contributed by atoms with E-state index in [1.807, 2.05) is 71.9 Å². The van der Waals surface area contributed by atoms with Gasteiger partial charge in [-0.3, -0.25) is 67.5 Å². The van der Waals surface area contributed by atoms with Crippen LogP contribution in [0.2, 0.25) is 0 Å². The molecule has 25 N–H and O–H groups in total. The molecule has 0 spiro atoms. The first-order valence-corrected chi connectivity index (χ1v) is 36.6. The molecule has 3 rings (SSSR count). The van der Waals surface area contributed by atoms with E-state index < -0.39 is 168 Å². The summed E-state index contributed by atoms with van der Waals surface area (Å²) in [5.74, 6) is -13.4. The number of aliphatic imine (C=N–C) groups is 2. The van der Waals surface area contributed by atoms with Crippen molar-refractivity contribution in [3.05, 3.63) is 65.7 Å². The molecule has 0 aromatic heterocycles. The number of carbonyl (C=O) groups is 13. The highest BCUT2D eigenvalue weighted by Gasteiger charge is 2.41. The minimum Gasteiger partial charge on any atom is -0.508 e. The molecule has 1 aliphatic heterocycles. The number of aliphatic carboxylic acids is 2. The number of likely N-dealkylation sites (tertiary alicyclic amines) is 1. The third-order valence-electron chi connectivity index (χ3n) is 17.5. The van der Waals surface area contributed by atoms with Gasteiger partial charge in [0.05, 0.1) is 6.04 Å². The van der Waals surface area contributed by atoms with E-state index in [1.54, 1.807) is 13.8 Å². The SMILES string of the molecule is CC(C)C[C@H](NC(=O)[C@H](CC(C)C)NC(=O)[C@H](CC(C)C)NC(=O)[C@@H](N)Cc1ccccc1)C(=O)N[C@@H](CCCCN)C(=O)N[C@@H](Cc1ccc(O)cc1)C(=O)N[C@@H](CCCN=C(N)N)C(=O)N[C@@H](C)C(=O)N[C@@H](CCCN=C(N)N)C(=O)N[C@@H](CCC(=O)O)C(=O)N1CCC[C@H]1C(=O)N[C@H](C(=O)O)C(C)C. The number of amides is 11. The molecule has 12 atom stereocenters. The van der Waals surface area contributed by atoms with Gasteiger partial charge in [0.2, 0.25) is 65.0 Å². The largest absolute Gasteiger partial charge is 0.508 e. The number of aromatic hydroxyl groups is 1. The number of nitrogens with two attached hydrogens (primary N) is 6. The van der Waals surface area contributed by atoms with Gasteiger partial charge in [0.15, 0.2) is 11.9 Å². The van der Waals surface area contributed by atoms with Crippen LogP contribution in [0.5, 0.6) is 5.75 Å². The Morgan fingerprint density at radius 2 is 0.888 bits per heavy atom. The second-order valence-corrected chi connectivity index (χ2v) is 28.6. The Morgan fingerprint density at radius 1 is 0.477 bits per heavy atom. The molecular formula is C72H117N19O16. The van der Waals surface area contributed by atoms with E-state index in [2.05, 4.69) is 63.2 Å². The smallest absolute Gasteiger partial charge is 0.326 e. The van der Waals surface area contributed by atoms with Gasteiger partial charge in [-0.2, -0.15) is 0 Å². The lowest BCUT2D eigenvalue weighted by Crippen LogP contribution is -2.61. The van der Waals surface area contributed by atoms with Gasteiger partial charge in [-0.25, -0.2) is 4.79 Å². The number of phenols is 1. The van der Waals surface area contributed by atoms with Gasteiger partial charge in [-0.1, -0.05) is 97.9 Å². The number of nitrogens with zero attached hydrogens (tertiary/aromatic N) is 3. The topological polar surface area (TPSA) is 587 Å². The maximum absolute atomic E-state index is 14.9. The van der Waals surface area contributed by atoms with Crippen molar-refractivity contribution in [3.8, 4) is 5.75 Å². The molecule has 0 radical (unpaired) electrons. The molecule has 11 amide bonds. The first-order valence-electron chi connectivity index (χ1n) is 36.6. The summed E-state index contributed by atoms with van der Waals surface area (Å²) in [6.07, 6.45) is -0.00141. The van der Waals surface area contributed by atoms with Crippen LogP contribution < -0.4 is 87.6 Å². The van der Waals surface area contributed by atoms with Crippen LogP contribution in [0.4, 0.5) is 0 Å². The Morgan fingerprint density at radius 3 is 1.34 bits per heavy atom. The molecule has 1 fully saturated rings. The molecule has 2 aromatic carbocycles. The summed E-state index contributed by atoms with van der Waals surface area (Å²) >= 11 is 0. The van der Waals surface area contributed by atoms with Crippen LogP contribution in [0.15, 0.2) is 64.6 Å². The number of carboxylic acids is 2. The van der Waals surface area contributed by atoms with E-state index in [0.717, 1.165) is 10.5 Å². The van der Waals surface area contributed by atoms with Crippen LogP contribution in [0.3, 0.4) is 0 Å². The first kappa shape index (κ1) is 91.0. The van der Waals surface area contributed by atoms with Gasteiger partial charge in [0.1, 0.15) is 72.2 Å². The Hall–Kier alpha value is -10.2. The zero-order valence-electron chi connectivity index (χ0n) is 63.0. The summed E-state index contributed by atoms with van der Waals surface area (Å²) < 4.78 is 0. The minimum absolute atomic E-state index is 0.00109. The summed E-state index contributed by atoms with van der Waals surface area (Å²) in [7, 11) is 0. The van der Waals surface area contributed by atoms with E-state index in [4.69, 9.17) is 34.4 Å². The number of nitrogens with one attached hydrogen (secondary N) is 10. The molecule has 1 heterocycles. The third-order valence-corrected chi connectivity index (χ3v) is 17.5. The van der Waals surface area contributed by atoms with Crippen LogP contribution in [-0.2, 0) is 75.2 Å². The van der Waals surface area contributed by atoms with Crippen LogP contribution >= 0.6 is 0 Å². The van der Waals surface area contributed by atoms with Crippen molar-refractivity contribution in [2.75, 3.05) is 26.2 Å². The van der Waals surface area contributed by atoms with Crippen molar-refractivity contribution >= 4 is 88.8 Å². The van der Waals surface area contributed by atoms with Gasteiger partial charge >= 0.3 is 11.9 Å². The Balaban J connectivity index is 1.99.